The molecule has 1 fully saturated rings. The van der Waals surface area contributed by atoms with Crippen LogP contribution in [0.15, 0.2) is 5.38 Å². The van der Waals surface area contributed by atoms with Gasteiger partial charge >= 0.3 is 6.09 Å². The molecule has 0 atom stereocenters. The largest absolute Gasteiger partial charge is 0.444 e. The monoisotopic (exact) mass is 413 g/mol. The van der Waals surface area contributed by atoms with Crippen LogP contribution < -0.4 is 21.1 Å². The number of hydrazine groups is 1. The van der Waals surface area contributed by atoms with Crippen LogP contribution in [-0.2, 0) is 14.3 Å². The van der Waals surface area contributed by atoms with Gasteiger partial charge in [0.25, 0.3) is 5.91 Å². The summed E-state index contributed by atoms with van der Waals surface area (Å²) in [7, 11) is 0. The Hall–Kier alpha value is -2.40. The second-order valence-corrected chi connectivity index (χ2v) is 7.99. The maximum Gasteiger partial charge on any atom is 0.407 e. The molecule has 0 spiro atoms. The Kier molecular flexibility index (Phi) is 8.00. The van der Waals surface area contributed by atoms with Crippen molar-refractivity contribution in [1.82, 2.24) is 21.2 Å². The van der Waals surface area contributed by atoms with E-state index in [0.29, 0.717) is 26.2 Å². The molecule has 1 saturated heterocycles. The molecule has 10 nitrogen and oxygen atoms in total. The smallest absolute Gasteiger partial charge is 0.407 e. The first-order valence-electron chi connectivity index (χ1n) is 9.09. The van der Waals surface area contributed by atoms with Crippen molar-refractivity contribution in [2.45, 2.75) is 39.2 Å². The quantitative estimate of drug-likeness (QED) is 0.471. The van der Waals surface area contributed by atoms with E-state index in [1.165, 1.54) is 11.3 Å². The third-order valence-electron chi connectivity index (χ3n) is 3.57. The Morgan fingerprint density at radius 3 is 2.64 bits per heavy atom. The van der Waals surface area contributed by atoms with Crippen LogP contribution in [0.25, 0.3) is 0 Å². The highest BCUT2D eigenvalue weighted by molar-refractivity contribution is 7.13. The van der Waals surface area contributed by atoms with Gasteiger partial charge in [0.15, 0.2) is 5.13 Å². The zero-order valence-electron chi connectivity index (χ0n) is 16.4. The maximum absolute atomic E-state index is 12.1. The first-order chi connectivity index (χ1) is 13.2. The number of carbonyl (C=O) groups is 3. The lowest BCUT2D eigenvalue weighted by Gasteiger charge is -2.25. The summed E-state index contributed by atoms with van der Waals surface area (Å²) < 4.78 is 10.4. The molecule has 3 amide bonds. The Morgan fingerprint density at radius 2 is 1.96 bits per heavy atom. The molecule has 1 aromatic heterocycles. The van der Waals surface area contributed by atoms with Crippen molar-refractivity contribution in [3.63, 3.8) is 0 Å². The molecule has 0 saturated carbocycles. The molecule has 2 heterocycles. The molecular weight excluding hydrogens is 386 g/mol. The van der Waals surface area contributed by atoms with Gasteiger partial charge in [-0.05, 0) is 27.2 Å². The van der Waals surface area contributed by atoms with E-state index in [1.807, 2.05) is 0 Å². The number of nitrogens with zero attached hydrogens (tertiary/aromatic N) is 2. The number of aromatic nitrogens is 1. The summed E-state index contributed by atoms with van der Waals surface area (Å²) in [5, 5.41) is 4.98. The molecule has 2 rings (SSSR count). The summed E-state index contributed by atoms with van der Waals surface area (Å²) in [6.45, 7) is 8.37. The molecule has 1 aromatic rings. The highest BCUT2D eigenvalue weighted by atomic mass is 32.1. The summed E-state index contributed by atoms with van der Waals surface area (Å²) in [4.78, 5) is 41.7. The van der Waals surface area contributed by atoms with Gasteiger partial charge in [0.2, 0.25) is 5.91 Å². The van der Waals surface area contributed by atoms with Gasteiger partial charge in [-0.25, -0.2) is 9.78 Å². The van der Waals surface area contributed by atoms with E-state index in [2.05, 4.69) is 26.1 Å². The number of ether oxygens (including phenoxy) is 2. The molecule has 156 valence electrons. The molecule has 3 N–H and O–H groups in total. The second-order valence-electron chi connectivity index (χ2n) is 7.15. The number of amides is 3. The number of thiazole rings is 1. The van der Waals surface area contributed by atoms with Gasteiger partial charge in [0.05, 0.1) is 13.2 Å². The highest BCUT2D eigenvalue weighted by Gasteiger charge is 2.18. The highest BCUT2D eigenvalue weighted by Crippen LogP contribution is 2.21. The van der Waals surface area contributed by atoms with Crippen molar-refractivity contribution in [2.75, 3.05) is 37.7 Å². The van der Waals surface area contributed by atoms with Crippen LogP contribution in [0.2, 0.25) is 0 Å². The summed E-state index contributed by atoms with van der Waals surface area (Å²) in [5.41, 5.74) is 4.37. The molecule has 0 radical (unpaired) electrons. The van der Waals surface area contributed by atoms with Crippen molar-refractivity contribution >= 4 is 34.4 Å². The third-order valence-corrected chi connectivity index (χ3v) is 4.47. The maximum atomic E-state index is 12.1. The Morgan fingerprint density at radius 1 is 1.25 bits per heavy atom. The molecular formula is C17H27N5O5S. The van der Waals surface area contributed by atoms with Crippen LogP contribution in [0.4, 0.5) is 9.93 Å². The number of morpholine rings is 1. The summed E-state index contributed by atoms with van der Waals surface area (Å²) in [6, 6.07) is 0. The molecule has 0 unspecified atom stereocenters. The van der Waals surface area contributed by atoms with Gasteiger partial charge in [-0.15, -0.1) is 11.3 Å². The predicted octanol–water partition coefficient (Wildman–Crippen LogP) is 1.05. The van der Waals surface area contributed by atoms with Crippen molar-refractivity contribution in [2.24, 2.45) is 0 Å². The number of rotatable bonds is 6. The van der Waals surface area contributed by atoms with E-state index < -0.39 is 17.6 Å². The minimum atomic E-state index is -0.566. The number of nitrogens with one attached hydrogen (secondary N) is 3. The fourth-order valence-corrected chi connectivity index (χ4v) is 3.13. The minimum absolute atomic E-state index is 0.145. The average Bonchev–Trinajstić information content (AvgIpc) is 3.13. The normalized spacial score (nSPS) is 14.3. The van der Waals surface area contributed by atoms with Crippen LogP contribution in [0.1, 0.15) is 44.1 Å². The van der Waals surface area contributed by atoms with E-state index in [1.54, 1.807) is 26.2 Å². The number of alkyl carbamates (subject to hydrolysis) is 1. The Balaban J connectivity index is 1.63. The average molecular weight is 414 g/mol. The summed E-state index contributed by atoms with van der Waals surface area (Å²) in [6.07, 6.45) is 0.0335. The number of anilines is 1. The van der Waals surface area contributed by atoms with Gasteiger partial charge < -0.3 is 19.7 Å². The predicted molar refractivity (Wildman–Crippen MR) is 104 cm³/mol. The third kappa shape index (κ3) is 7.69. The topological polar surface area (TPSA) is 122 Å². The lowest BCUT2D eigenvalue weighted by Crippen LogP contribution is -2.42. The SMILES string of the molecule is CC(C)(C)OC(=O)NCCCC(=O)NNC(=O)c1csc(N2CCOCC2)n1. The zero-order chi connectivity index (χ0) is 20.6. The molecule has 11 heteroatoms. The van der Waals surface area contributed by atoms with Crippen LogP contribution in [-0.4, -0.2) is 61.3 Å². The summed E-state index contributed by atoms with van der Waals surface area (Å²) >= 11 is 1.38. The molecule has 1 aliphatic heterocycles. The van der Waals surface area contributed by atoms with Crippen molar-refractivity contribution < 1.29 is 23.9 Å². The minimum Gasteiger partial charge on any atom is -0.444 e. The number of hydrogen-bond donors (Lipinski definition) is 3. The lowest BCUT2D eigenvalue weighted by molar-refractivity contribution is -0.121. The fraction of sp³-hybridized carbons (Fsp3) is 0.647. The fourth-order valence-electron chi connectivity index (χ4n) is 2.28. The van der Waals surface area contributed by atoms with Crippen LogP contribution in [0.3, 0.4) is 0 Å². The van der Waals surface area contributed by atoms with Crippen LogP contribution >= 0.6 is 11.3 Å². The lowest BCUT2D eigenvalue weighted by atomic mass is 10.2. The van der Waals surface area contributed by atoms with E-state index in [4.69, 9.17) is 9.47 Å². The first-order valence-corrected chi connectivity index (χ1v) is 9.97. The standard InChI is InChI=1S/C17H27N5O5S/c1-17(2,3)27-16(25)18-6-4-5-13(23)20-21-14(24)12-11-28-15(19-12)22-7-9-26-10-8-22/h11H,4-10H2,1-3H3,(H,18,25)(H,20,23)(H,21,24). The van der Waals surface area contributed by atoms with Gasteiger partial charge in [-0.2, -0.15) is 0 Å². The number of hydrogen-bond acceptors (Lipinski definition) is 8. The molecule has 28 heavy (non-hydrogen) atoms. The van der Waals surface area contributed by atoms with E-state index >= 15 is 0 Å². The molecule has 0 bridgehead atoms. The zero-order valence-corrected chi connectivity index (χ0v) is 17.2. The van der Waals surface area contributed by atoms with Crippen molar-refractivity contribution in [3.8, 4) is 0 Å². The van der Waals surface area contributed by atoms with E-state index in [-0.39, 0.29) is 18.0 Å². The molecule has 0 aromatic carbocycles. The van der Waals surface area contributed by atoms with Crippen LogP contribution in [0, 0.1) is 0 Å². The van der Waals surface area contributed by atoms with Gasteiger partial charge in [-0.3, -0.25) is 20.4 Å². The van der Waals surface area contributed by atoms with E-state index in [0.717, 1.165) is 18.2 Å². The van der Waals surface area contributed by atoms with Gasteiger partial charge in [-0.1, -0.05) is 0 Å². The number of carbonyl (C=O) groups excluding carboxylic acids is 3. The van der Waals surface area contributed by atoms with Gasteiger partial charge in [0, 0.05) is 31.4 Å². The Bertz CT molecular complexity index is 682. The van der Waals surface area contributed by atoms with Crippen molar-refractivity contribution in [3.05, 3.63) is 11.1 Å². The van der Waals surface area contributed by atoms with E-state index in [9.17, 15) is 14.4 Å². The summed E-state index contributed by atoms with van der Waals surface area (Å²) in [5.74, 6) is -0.834. The molecule has 1 aliphatic rings. The first kappa shape index (κ1) is 21.9. The Labute approximate surface area is 167 Å². The second kappa shape index (κ2) is 10.2. The molecule has 0 aliphatic carbocycles. The van der Waals surface area contributed by atoms with Gasteiger partial charge in [0.1, 0.15) is 11.3 Å². The van der Waals surface area contributed by atoms with Crippen molar-refractivity contribution in [1.29, 1.82) is 0 Å². The van der Waals surface area contributed by atoms with Crippen LogP contribution in [0.5, 0.6) is 0 Å².